The number of halogens is 1. The summed E-state index contributed by atoms with van der Waals surface area (Å²) in [5.74, 6) is 0.665. The van der Waals surface area contributed by atoms with Gasteiger partial charge < -0.3 is 9.47 Å². The fourth-order valence-corrected chi connectivity index (χ4v) is 2.99. The van der Waals surface area contributed by atoms with Gasteiger partial charge in [-0.2, -0.15) is 4.99 Å². The highest BCUT2D eigenvalue weighted by Gasteiger charge is 2.39. The molecule has 1 saturated carbocycles. The van der Waals surface area contributed by atoms with Gasteiger partial charge in [-0.05, 0) is 37.0 Å². The number of aliphatic imine (C=N–C) groups is 1. The number of carbonyl (C=O) groups excluding carboxylic acids is 1. The molecule has 0 bridgehead atoms. The van der Waals surface area contributed by atoms with E-state index >= 15 is 0 Å². The van der Waals surface area contributed by atoms with Gasteiger partial charge >= 0.3 is 0 Å². The third kappa shape index (κ3) is 2.71. The van der Waals surface area contributed by atoms with Gasteiger partial charge in [0.15, 0.2) is 0 Å². The molecule has 1 aliphatic heterocycles. The van der Waals surface area contributed by atoms with E-state index in [-0.39, 0.29) is 5.41 Å². The first kappa shape index (κ1) is 14.6. The minimum atomic E-state index is -0.419. The van der Waals surface area contributed by atoms with Crippen LogP contribution in [0.1, 0.15) is 31.7 Å². The Labute approximate surface area is 129 Å². The molecule has 3 rings (SSSR count). The summed E-state index contributed by atoms with van der Waals surface area (Å²) in [4.78, 5) is 14.6. The number of rotatable bonds is 5. The Bertz CT molecular complexity index is 587. The van der Waals surface area contributed by atoms with E-state index in [1.54, 1.807) is 6.08 Å². The number of hydrogen-bond acceptors (Lipinski definition) is 4. The van der Waals surface area contributed by atoms with E-state index in [0.717, 1.165) is 38.0 Å². The van der Waals surface area contributed by atoms with E-state index in [1.807, 2.05) is 18.2 Å². The molecule has 112 valence electrons. The van der Waals surface area contributed by atoms with Gasteiger partial charge in [0.05, 0.1) is 30.4 Å². The van der Waals surface area contributed by atoms with Crippen LogP contribution in [0.5, 0.6) is 5.75 Å². The summed E-state index contributed by atoms with van der Waals surface area (Å²) in [7, 11) is 0. The lowest BCUT2D eigenvalue weighted by Crippen LogP contribution is -2.44. The van der Waals surface area contributed by atoms with E-state index in [4.69, 9.17) is 21.1 Å². The highest BCUT2D eigenvalue weighted by molar-refractivity contribution is 6.32. The number of ether oxygens (including phenoxy) is 2. The van der Waals surface area contributed by atoms with Crippen LogP contribution in [0.4, 0.5) is 0 Å². The third-order valence-corrected chi connectivity index (χ3v) is 4.68. The molecule has 0 spiro atoms. The monoisotopic (exact) mass is 307 g/mol. The lowest BCUT2D eigenvalue weighted by Gasteiger charge is -2.38. The maximum atomic E-state index is 10.6. The van der Waals surface area contributed by atoms with E-state index < -0.39 is 5.54 Å². The van der Waals surface area contributed by atoms with Crippen LogP contribution in [0.3, 0.4) is 0 Å². The maximum Gasteiger partial charge on any atom is 0.235 e. The van der Waals surface area contributed by atoms with Crippen LogP contribution in [0.15, 0.2) is 23.2 Å². The van der Waals surface area contributed by atoms with E-state index in [0.29, 0.717) is 17.4 Å². The van der Waals surface area contributed by atoms with Gasteiger partial charge in [-0.3, -0.25) is 0 Å². The molecule has 5 heteroatoms. The summed E-state index contributed by atoms with van der Waals surface area (Å²) in [5, 5.41) is 0.559. The Morgan fingerprint density at radius 2 is 2.19 bits per heavy atom. The molecular weight excluding hydrogens is 290 g/mol. The number of hydrogen-bond donors (Lipinski definition) is 0. The second-order valence-electron chi connectivity index (χ2n) is 6.33. The second-order valence-corrected chi connectivity index (χ2v) is 6.73. The zero-order valence-corrected chi connectivity index (χ0v) is 12.8. The standard InChI is InChI=1S/C16H18ClNO3/c1-15(8-20-9-15)10-21-14-4-3-12(7-13(14)17)16(18-11-19)5-2-6-16/h3-4,7H,2,5-6,8-10H2,1H3. The smallest absolute Gasteiger partial charge is 0.235 e. The molecular formula is C16H18ClNO3. The predicted octanol–water partition coefficient (Wildman–Crippen LogP) is 3.47. The normalized spacial score (nSPS) is 21.6. The predicted molar refractivity (Wildman–Crippen MR) is 79.5 cm³/mol. The van der Waals surface area contributed by atoms with Crippen LogP contribution in [-0.4, -0.2) is 25.9 Å². The van der Waals surface area contributed by atoms with Crippen molar-refractivity contribution in [2.45, 2.75) is 31.7 Å². The second kappa shape index (κ2) is 5.45. The van der Waals surface area contributed by atoms with Crippen molar-refractivity contribution in [2.24, 2.45) is 10.4 Å². The fraction of sp³-hybridized carbons (Fsp3) is 0.562. The van der Waals surface area contributed by atoms with Gasteiger partial charge in [0.25, 0.3) is 0 Å². The molecule has 0 amide bonds. The summed E-state index contributed by atoms with van der Waals surface area (Å²) in [6.45, 7) is 4.16. The molecule has 0 unspecified atom stereocenters. The summed E-state index contributed by atoms with van der Waals surface area (Å²) in [5.41, 5.74) is 0.629. The Balaban J connectivity index is 1.75. The Hall–Kier alpha value is -1.35. The van der Waals surface area contributed by atoms with E-state index in [9.17, 15) is 4.79 Å². The Morgan fingerprint density at radius 3 is 2.67 bits per heavy atom. The molecule has 4 nitrogen and oxygen atoms in total. The molecule has 2 aliphatic rings. The topological polar surface area (TPSA) is 47.9 Å². The molecule has 1 aliphatic carbocycles. The van der Waals surface area contributed by atoms with Gasteiger partial charge in [-0.15, -0.1) is 0 Å². The molecule has 1 aromatic carbocycles. The minimum absolute atomic E-state index is 0.0823. The number of isocyanates is 1. The molecule has 0 aromatic heterocycles. The molecule has 2 fully saturated rings. The van der Waals surface area contributed by atoms with Gasteiger partial charge in [0.1, 0.15) is 5.75 Å². The van der Waals surface area contributed by atoms with Crippen molar-refractivity contribution in [3.8, 4) is 5.75 Å². The molecule has 21 heavy (non-hydrogen) atoms. The van der Waals surface area contributed by atoms with Gasteiger partial charge in [0, 0.05) is 5.41 Å². The quantitative estimate of drug-likeness (QED) is 0.618. The first-order chi connectivity index (χ1) is 10.1. The van der Waals surface area contributed by atoms with E-state index in [2.05, 4.69) is 11.9 Å². The lowest BCUT2D eigenvalue weighted by molar-refractivity contribution is -0.120. The Kier molecular flexibility index (Phi) is 3.78. The molecule has 1 heterocycles. The van der Waals surface area contributed by atoms with Gasteiger partial charge in [0.2, 0.25) is 6.08 Å². The maximum absolute atomic E-state index is 10.6. The zero-order valence-electron chi connectivity index (χ0n) is 12.0. The lowest BCUT2D eigenvalue weighted by atomic mass is 9.72. The molecule has 1 saturated heterocycles. The van der Waals surface area contributed by atoms with E-state index in [1.165, 1.54) is 0 Å². The highest BCUT2D eigenvalue weighted by atomic mass is 35.5. The van der Waals surface area contributed by atoms with Crippen LogP contribution < -0.4 is 4.74 Å². The van der Waals surface area contributed by atoms with Crippen LogP contribution in [0.25, 0.3) is 0 Å². The van der Waals surface area contributed by atoms with Crippen LogP contribution in [0, 0.1) is 5.41 Å². The highest BCUT2D eigenvalue weighted by Crippen LogP contribution is 2.46. The summed E-state index contributed by atoms with van der Waals surface area (Å²) in [6, 6.07) is 5.66. The van der Waals surface area contributed by atoms with Gasteiger partial charge in [-0.25, -0.2) is 4.79 Å². The van der Waals surface area contributed by atoms with Gasteiger partial charge in [-0.1, -0.05) is 24.6 Å². The third-order valence-electron chi connectivity index (χ3n) is 4.39. The largest absolute Gasteiger partial charge is 0.491 e. The first-order valence-corrected chi connectivity index (χ1v) is 7.54. The SMILES string of the molecule is CC1(COc2ccc(C3(N=C=O)CCC3)cc2Cl)COC1. The molecule has 0 atom stereocenters. The van der Waals surface area contributed by atoms with Crippen molar-refractivity contribution in [1.82, 2.24) is 0 Å². The van der Waals surface area contributed by atoms with Crippen molar-refractivity contribution in [2.75, 3.05) is 19.8 Å². The molecule has 0 N–H and O–H groups in total. The molecule has 0 radical (unpaired) electrons. The van der Waals surface area contributed by atoms with Crippen molar-refractivity contribution in [3.63, 3.8) is 0 Å². The van der Waals surface area contributed by atoms with Crippen molar-refractivity contribution in [3.05, 3.63) is 28.8 Å². The summed E-state index contributed by atoms with van der Waals surface area (Å²) < 4.78 is 11.0. The van der Waals surface area contributed by atoms with Crippen LogP contribution in [0.2, 0.25) is 5.02 Å². The van der Waals surface area contributed by atoms with Crippen molar-refractivity contribution >= 4 is 17.7 Å². The summed E-state index contributed by atoms with van der Waals surface area (Å²) in [6.07, 6.45) is 4.50. The first-order valence-electron chi connectivity index (χ1n) is 7.17. The van der Waals surface area contributed by atoms with Crippen LogP contribution >= 0.6 is 11.6 Å². The zero-order chi connectivity index (χ0) is 14.9. The van der Waals surface area contributed by atoms with Crippen molar-refractivity contribution < 1.29 is 14.3 Å². The average molecular weight is 308 g/mol. The average Bonchev–Trinajstić information content (AvgIpc) is 2.39. The van der Waals surface area contributed by atoms with Crippen molar-refractivity contribution in [1.29, 1.82) is 0 Å². The number of benzene rings is 1. The number of nitrogens with zero attached hydrogens (tertiary/aromatic N) is 1. The fourth-order valence-electron chi connectivity index (χ4n) is 2.76. The summed E-state index contributed by atoms with van der Waals surface area (Å²) >= 11 is 6.31. The molecule has 1 aromatic rings. The Morgan fingerprint density at radius 1 is 1.43 bits per heavy atom. The minimum Gasteiger partial charge on any atom is -0.491 e. The van der Waals surface area contributed by atoms with Crippen LogP contribution in [-0.2, 0) is 15.1 Å².